The highest BCUT2D eigenvalue weighted by molar-refractivity contribution is 5.90. The normalized spacial score (nSPS) is 13.1. The van der Waals surface area contributed by atoms with Crippen molar-refractivity contribution in [1.29, 1.82) is 0 Å². The van der Waals surface area contributed by atoms with Gasteiger partial charge in [-0.1, -0.05) is 158 Å². The summed E-state index contributed by atoms with van der Waals surface area (Å²) in [6, 6.07) is 69.0. The molecule has 2 aliphatic rings. The summed E-state index contributed by atoms with van der Waals surface area (Å²) in [5.41, 5.74) is 13.9. The maximum atomic E-state index is 6.70. The van der Waals surface area contributed by atoms with Gasteiger partial charge in [0.25, 0.3) is 0 Å². The van der Waals surface area contributed by atoms with Crippen molar-refractivity contribution < 1.29 is 4.74 Å². The standard InChI is InChI=1S/C51H32N2O/c1-2-14-34(15-3-1)50-52-46(32-47(53-50)39-26-25-33-13-4-5-16-35(33)29-39)38-18-12-17-36(30-38)37-27-28-49-45(31-37)51(44-23-10-11-24-48(44)54-49)42-21-8-6-19-40(42)41-20-7-9-22-43(41)51/h1-32H. The maximum absolute atomic E-state index is 6.70. The molecule has 2 heterocycles. The van der Waals surface area contributed by atoms with Gasteiger partial charge in [-0.3, -0.25) is 0 Å². The van der Waals surface area contributed by atoms with Gasteiger partial charge in [0.15, 0.2) is 5.82 Å². The first-order valence-corrected chi connectivity index (χ1v) is 18.4. The van der Waals surface area contributed by atoms with Gasteiger partial charge in [0.05, 0.1) is 16.8 Å². The molecule has 3 nitrogen and oxygen atoms in total. The number of hydrogen-bond acceptors (Lipinski definition) is 3. The molecule has 0 saturated heterocycles. The topological polar surface area (TPSA) is 35.0 Å². The third-order valence-corrected chi connectivity index (χ3v) is 11.1. The fraction of sp³-hybridized carbons (Fsp3) is 0.0196. The van der Waals surface area contributed by atoms with E-state index in [-0.39, 0.29) is 0 Å². The molecule has 0 amide bonds. The van der Waals surface area contributed by atoms with Crippen molar-refractivity contribution in [2.75, 3.05) is 0 Å². The molecule has 0 N–H and O–H groups in total. The number of ether oxygens (including phenoxy) is 1. The lowest BCUT2D eigenvalue weighted by Crippen LogP contribution is -2.32. The highest BCUT2D eigenvalue weighted by atomic mass is 16.5. The number of nitrogens with zero attached hydrogens (tertiary/aromatic N) is 2. The van der Waals surface area contributed by atoms with Crippen molar-refractivity contribution in [1.82, 2.24) is 9.97 Å². The molecule has 54 heavy (non-hydrogen) atoms. The van der Waals surface area contributed by atoms with Crippen LogP contribution in [0.3, 0.4) is 0 Å². The average Bonchev–Trinajstić information content (AvgIpc) is 3.54. The van der Waals surface area contributed by atoms with Crippen LogP contribution in [0.25, 0.3) is 66.9 Å². The minimum absolute atomic E-state index is 0.517. The van der Waals surface area contributed by atoms with Crippen LogP contribution in [-0.4, -0.2) is 9.97 Å². The molecule has 1 spiro atoms. The van der Waals surface area contributed by atoms with Gasteiger partial charge in [0, 0.05) is 27.8 Å². The Morgan fingerprint density at radius 2 is 0.889 bits per heavy atom. The average molecular weight is 689 g/mol. The Morgan fingerprint density at radius 1 is 0.333 bits per heavy atom. The molecule has 1 aromatic heterocycles. The van der Waals surface area contributed by atoms with Crippen LogP contribution in [0.5, 0.6) is 11.5 Å². The van der Waals surface area contributed by atoms with Crippen molar-refractivity contribution >= 4 is 10.8 Å². The number of benzene rings is 8. The lowest BCUT2D eigenvalue weighted by molar-refractivity contribution is 0.436. The van der Waals surface area contributed by atoms with E-state index >= 15 is 0 Å². The summed E-state index contributed by atoms with van der Waals surface area (Å²) in [5.74, 6) is 2.47. The molecule has 0 bridgehead atoms. The van der Waals surface area contributed by atoms with E-state index < -0.39 is 5.41 Å². The van der Waals surface area contributed by atoms with Gasteiger partial charge in [-0.05, 0) is 80.6 Å². The van der Waals surface area contributed by atoms with E-state index in [1.807, 2.05) is 18.2 Å². The summed E-state index contributed by atoms with van der Waals surface area (Å²) in [6.07, 6.45) is 0. The summed E-state index contributed by atoms with van der Waals surface area (Å²) in [5, 5.41) is 2.39. The summed E-state index contributed by atoms with van der Waals surface area (Å²) in [7, 11) is 0. The minimum atomic E-state index is -0.517. The van der Waals surface area contributed by atoms with E-state index in [0.717, 1.165) is 61.8 Å². The molecule has 9 aromatic rings. The number of rotatable bonds is 4. The van der Waals surface area contributed by atoms with Crippen LogP contribution in [0.4, 0.5) is 0 Å². The molecule has 8 aromatic carbocycles. The summed E-state index contributed by atoms with van der Waals surface area (Å²) >= 11 is 0. The Morgan fingerprint density at radius 3 is 1.67 bits per heavy atom. The Balaban J connectivity index is 1.08. The second-order valence-corrected chi connectivity index (χ2v) is 14.1. The lowest BCUT2D eigenvalue weighted by atomic mass is 9.66. The first-order valence-electron chi connectivity index (χ1n) is 18.4. The number of aromatic nitrogens is 2. The van der Waals surface area contributed by atoms with Gasteiger partial charge in [-0.25, -0.2) is 9.97 Å². The predicted molar refractivity (Wildman–Crippen MR) is 219 cm³/mol. The van der Waals surface area contributed by atoms with E-state index in [2.05, 4.69) is 176 Å². The van der Waals surface area contributed by atoms with Crippen molar-refractivity contribution in [2.24, 2.45) is 0 Å². The largest absolute Gasteiger partial charge is 0.457 e. The lowest BCUT2D eigenvalue weighted by Gasteiger charge is -2.39. The van der Waals surface area contributed by atoms with Crippen LogP contribution in [0.1, 0.15) is 22.3 Å². The Hall–Kier alpha value is -7.10. The molecular weight excluding hydrogens is 657 g/mol. The zero-order valence-electron chi connectivity index (χ0n) is 29.3. The van der Waals surface area contributed by atoms with E-state index in [4.69, 9.17) is 14.7 Å². The second-order valence-electron chi connectivity index (χ2n) is 14.1. The summed E-state index contributed by atoms with van der Waals surface area (Å²) in [4.78, 5) is 10.3. The first-order chi connectivity index (χ1) is 26.7. The van der Waals surface area contributed by atoms with E-state index in [9.17, 15) is 0 Å². The summed E-state index contributed by atoms with van der Waals surface area (Å²) in [6.45, 7) is 0. The Kier molecular flexibility index (Phi) is 6.77. The number of fused-ring (bicyclic) bond motifs is 10. The van der Waals surface area contributed by atoms with Crippen molar-refractivity contribution in [3.05, 3.63) is 216 Å². The number of hydrogen-bond donors (Lipinski definition) is 0. The minimum Gasteiger partial charge on any atom is -0.457 e. The molecule has 0 atom stereocenters. The van der Waals surface area contributed by atoms with Crippen LogP contribution < -0.4 is 4.74 Å². The van der Waals surface area contributed by atoms with E-state index in [1.165, 1.54) is 33.0 Å². The molecule has 0 fully saturated rings. The van der Waals surface area contributed by atoms with Crippen molar-refractivity contribution in [3.63, 3.8) is 0 Å². The van der Waals surface area contributed by atoms with Crippen molar-refractivity contribution in [3.8, 4) is 67.7 Å². The molecule has 1 aliphatic heterocycles. The van der Waals surface area contributed by atoms with E-state index in [0.29, 0.717) is 5.82 Å². The Labute approximate surface area is 313 Å². The smallest absolute Gasteiger partial charge is 0.160 e. The molecule has 0 saturated carbocycles. The zero-order chi connectivity index (χ0) is 35.6. The van der Waals surface area contributed by atoms with Crippen LogP contribution in [0.2, 0.25) is 0 Å². The number of para-hydroxylation sites is 1. The molecule has 1 aliphatic carbocycles. The van der Waals surface area contributed by atoms with Gasteiger partial charge < -0.3 is 4.74 Å². The third-order valence-electron chi connectivity index (χ3n) is 11.1. The predicted octanol–water partition coefficient (Wildman–Crippen LogP) is 12.8. The second kappa shape index (κ2) is 12.0. The van der Waals surface area contributed by atoms with Gasteiger partial charge >= 0.3 is 0 Å². The third kappa shape index (κ3) is 4.62. The SMILES string of the molecule is c1ccc(-c2nc(-c3cccc(-c4ccc5c(c4)C4(c6ccccc6O5)c5ccccc5-c5ccccc54)c3)cc(-c3ccc4ccccc4c3)n2)cc1. The molecule has 0 unspecified atom stereocenters. The van der Waals surface area contributed by atoms with E-state index in [1.54, 1.807) is 0 Å². The van der Waals surface area contributed by atoms with Crippen LogP contribution in [0, 0.1) is 0 Å². The van der Waals surface area contributed by atoms with Gasteiger partial charge in [-0.15, -0.1) is 0 Å². The first kappa shape index (κ1) is 30.5. The Bertz CT molecular complexity index is 2880. The maximum Gasteiger partial charge on any atom is 0.160 e. The summed E-state index contributed by atoms with van der Waals surface area (Å²) < 4.78 is 6.70. The van der Waals surface area contributed by atoms with Gasteiger partial charge in [-0.2, -0.15) is 0 Å². The van der Waals surface area contributed by atoms with Crippen LogP contribution in [0.15, 0.2) is 194 Å². The fourth-order valence-corrected chi connectivity index (χ4v) is 8.70. The highest BCUT2D eigenvalue weighted by Crippen LogP contribution is 2.62. The van der Waals surface area contributed by atoms with Gasteiger partial charge in [0.1, 0.15) is 11.5 Å². The monoisotopic (exact) mass is 688 g/mol. The molecule has 252 valence electrons. The van der Waals surface area contributed by atoms with Crippen molar-refractivity contribution in [2.45, 2.75) is 5.41 Å². The fourth-order valence-electron chi connectivity index (χ4n) is 8.70. The van der Waals surface area contributed by atoms with Gasteiger partial charge in [0.2, 0.25) is 0 Å². The van der Waals surface area contributed by atoms with Crippen LogP contribution >= 0.6 is 0 Å². The molecule has 11 rings (SSSR count). The highest BCUT2D eigenvalue weighted by Gasteiger charge is 2.51. The quantitative estimate of drug-likeness (QED) is 0.185. The molecule has 0 radical (unpaired) electrons. The van der Waals surface area contributed by atoms with Crippen LogP contribution in [-0.2, 0) is 5.41 Å². The molecular formula is C51H32N2O. The zero-order valence-corrected chi connectivity index (χ0v) is 29.3. The molecule has 3 heteroatoms.